The molecular formula is C58H37N5. The lowest BCUT2D eigenvalue weighted by molar-refractivity contribution is 1.11. The second kappa shape index (κ2) is 14.0. The van der Waals surface area contributed by atoms with Crippen molar-refractivity contribution in [2.75, 3.05) is 0 Å². The van der Waals surface area contributed by atoms with Gasteiger partial charge in [0.2, 0.25) is 0 Å². The third kappa shape index (κ3) is 5.43. The minimum Gasteiger partial charge on any atom is -0.307 e. The van der Waals surface area contributed by atoms with E-state index in [2.05, 4.69) is 220 Å². The fraction of sp³-hybridized carbons (Fsp3) is 0. The molecule has 0 saturated carbocycles. The zero-order valence-electron chi connectivity index (χ0n) is 34.1. The van der Waals surface area contributed by atoms with E-state index in [4.69, 9.17) is 9.97 Å². The van der Waals surface area contributed by atoms with Gasteiger partial charge in [0.25, 0.3) is 0 Å². The molecule has 0 fully saturated rings. The molecule has 0 atom stereocenters. The minimum atomic E-state index is 0.696. The monoisotopic (exact) mass is 803 g/mol. The van der Waals surface area contributed by atoms with E-state index in [0.29, 0.717) is 5.82 Å². The molecule has 0 aliphatic heterocycles. The van der Waals surface area contributed by atoms with E-state index >= 15 is 0 Å². The van der Waals surface area contributed by atoms with Crippen molar-refractivity contribution in [1.29, 1.82) is 0 Å². The van der Waals surface area contributed by atoms with Crippen LogP contribution in [-0.4, -0.2) is 23.7 Å². The van der Waals surface area contributed by atoms with E-state index in [1.165, 1.54) is 43.6 Å². The van der Waals surface area contributed by atoms with Crippen LogP contribution in [-0.2, 0) is 0 Å². The number of aromatic nitrogens is 5. The first-order chi connectivity index (χ1) is 31.3. The van der Waals surface area contributed by atoms with E-state index in [0.717, 1.165) is 66.9 Å². The summed E-state index contributed by atoms with van der Waals surface area (Å²) in [7, 11) is 0. The van der Waals surface area contributed by atoms with Crippen LogP contribution in [0.25, 0.3) is 116 Å². The molecule has 5 heteroatoms. The largest absolute Gasteiger partial charge is 0.307 e. The van der Waals surface area contributed by atoms with Gasteiger partial charge in [0.15, 0.2) is 5.82 Å². The van der Waals surface area contributed by atoms with E-state index in [1.807, 2.05) is 18.2 Å². The molecule has 0 aliphatic carbocycles. The first kappa shape index (κ1) is 35.2. The number of benzene rings is 9. The highest BCUT2D eigenvalue weighted by Crippen LogP contribution is 2.43. The van der Waals surface area contributed by atoms with Crippen molar-refractivity contribution >= 4 is 65.5 Å². The highest BCUT2D eigenvalue weighted by atomic mass is 15.1. The molecule has 294 valence electrons. The van der Waals surface area contributed by atoms with Crippen LogP contribution in [0.4, 0.5) is 0 Å². The minimum absolute atomic E-state index is 0.696. The van der Waals surface area contributed by atoms with Gasteiger partial charge < -0.3 is 9.13 Å². The summed E-state index contributed by atoms with van der Waals surface area (Å²) in [6.45, 7) is 0. The summed E-state index contributed by atoms with van der Waals surface area (Å²) in [4.78, 5) is 10.7. The molecule has 63 heavy (non-hydrogen) atoms. The van der Waals surface area contributed by atoms with Crippen LogP contribution >= 0.6 is 0 Å². The van der Waals surface area contributed by atoms with Crippen molar-refractivity contribution in [3.8, 4) is 50.8 Å². The first-order valence-electron chi connectivity index (χ1n) is 21.4. The van der Waals surface area contributed by atoms with E-state index < -0.39 is 0 Å². The molecule has 0 saturated heterocycles. The summed E-state index contributed by atoms with van der Waals surface area (Å²) in [5.74, 6) is 0.696. The third-order valence-corrected chi connectivity index (χ3v) is 12.6. The van der Waals surface area contributed by atoms with Crippen molar-refractivity contribution in [1.82, 2.24) is 23.7 Å². The average molecular weight is 804 g/mol. The molecule has 13 rings (SSSR count). The zero-order valence-corrected chi connectivity index (χ0v) is 34.1. The highest BCUT2D eigenvalue weighted by Gasteiger charge is 2.23. The lowest BCUT2D eigenvalue weighted by atomic mass is 10.0. The maximum absolute atomic E-state index is 5.37. The van der Waals surface area contributed by atoms with Crippen LogP contribution in [0.1, 0.15) is 0 Å². The Morgan fingerprint density at radius 2 is 0.762 bits per heavy atom. The summed E-state index contributed by atoms with van der Waals surface area (Å²) in [5.41, 5.74) is 15.2. The van der Waals surface area contributed by atoms with Crippen molar-refractivity contribution in [3.05, 3.63) is 224 Å². The van der Waals surface area contributed by atoms with Crippen LogP contribution < -0.4 is 0 Å². The van der Waals surface area contributed by atoms with E-state index in [1.54, 1.807) is 0 Å². The van der Waals surface area contributed by atoms with Gasteiger partial charge in [-0.25, -0.2) is 9.97 Å². The molecule has 0 radical (unpaired) electrons. The number of para-hydroxylation sites is 4. The zero-order chi connectivity index (χ0) is 41.4. The molecule has 4 aromatic heterocycles. The van der Waals surface area contributed by atoms with Crippen molar-refractivity contribution in [3.63, 3.8) is 0 Å². The maximum Gasteiger partial charge on any atom is 0.162 e. The Morgan fingerprint density at radius 3 is 1.40 bits per heavy atom. The molecule has 9 aromatic carbocycles. The Labute approximate surface area is 363 Å². The van der Waals surface area contributed by atoms with E-state index in [-0.39, 0.29) is 0 Å². The quantitative estimate of drug-likeness (QED) is 0.168. The van der Waals surface area contributed by atoms with Crippen LogP contribution in [0, 0.1) is 0 Å². The van der Waals surface area contributed by atoms with Crippen LogP contribution in [0.5, 0.6) is 0 Å². The summed E-state index contributed by atoms with van der Waals surface area (Å²) >= 11 is 0. The Bertz CT molecular complexity index is 3880. The van der Waals surface area contributed by atoms with Gasteiger partial charge in [-0.3, -0.25) is 4.57 Å². The van der Waals surface area contributed by atoms with Crippen LogP contribution in [0.15, 0.2) is 224 Å². The van der Waals surface area contributed by atoms with Crippen molar-refractivity contribution < 1.29 is 0 Å². The molecule has 4 heterocycles. The lowest BCUT2D eigenvalue weighted by Gasteiger charge is -2.14. The summed E-state index contributed by atoms with van der Waals surface area (Å²) in [6, 6.07) is 80.2. The smallest absolute Gasteiger partial charge is 0.162 e. The van der Waals surface area contributed by atoms with Gasteiger partial charge in [-0.15, -0.1) is 0 Å². The predicted molar refractivity (Wildman–Crippen MR) is 261 cm³/mol. The Hall–Kier alpha value is -8.54. The number of hydrogen-bond acceptors (Lipinski definition) is 2. The number of nitrogens with zero attached hydrogens (tertiary/aromatic N) is 5. The fourth-order valence-electron chi connectivity index (χ4n) is 9.88. The predicted octanol–water partition coefficient (Wildman–Crippen LogP) is 14.8. The molecule has 0 aliphatic rings. The van der Waals surface area contributed by atoms with Gasteiger partial charge in [0.1, 0.15) is 5.65 Å². The molecular weight excluding hydrogens is 767 g/mol. The van der Waals surface area contributed by atoms with Gasteiger partial charge in [0, 0.05) is 55.1 Å². The molecule has 0 spiro atoms. The molecule has 0 bridgehead atoms. The molecule has 5 nitrogen and oxygen atoms in total. The lowest BCUT2D eigenvalue weighted by Crippen LogP contribution is -1.99. The van der Waals surface area contributed by atoms with Gasteiger partial charge in [-0.2, -0.15) is 0 Å². The maximum atomic E-state index is 5.37. The molecule has 0 N–H and O–H groups in total. The third-order valence-electron chi connectivity index (χ3n) is 12.6. The fourth-order valence-corrected chi connectivity index (χ4v) is 9.88. The Balaban J connectivity index is 1.08. The van der Waals surface area contributed by atoms with Crippen molar-refractivity contribution in [2.24, 2.45) is 0 Å². The highest BCUT2D eigenvalue weighted by molar-refractivity contribution is 6.24. The standard InChI is InChI=1S/C58H37N5/c1-5-18-38(19-6-1)54-53-49-37-41(32-35-52(49)63(43-25-11-4-12-26-43)58(53)60-57(59-54)39-20-7-2-8-21-39)40-22-17-27-44(36-40)62-51-31-16-14-29-46(51)48-34-33-47-45-28-13-15-30-50(45)61(55(47)56(48)62)42-23-9-3-10-24-42/h1-37H. The second-order valence-electron chi connectivity index (χ2n) is 16.2. The van der Waals surface area contributed by atoms with E-state index in [9.17, 15) is 0 Å². The summed E-state index contributed by atoms with van der Waals surface area (Å²) < 4.78 is 7.21. The van der Waals surface area contributed by atoms with Crippen LogP contribution in [0.2, 0.25) is 0 Å². The number of fused-ring (bicyclic) bond motifs is 10. The normalized spacial score (nSPS) is 11.8. The van der Waals surface area contributed by atoms with Gasteiger partial charge in [-0.05, 0) is 71.8 Å². The Morgan fingerprint density at radius 1 is 0.286 bits per heavy atom. The molecule has 13 aromatic rings. The van der Waals surface area contributed by atoms with Crippen LogP contribution in [0.3, 0.4) is 0 Å². The molecule has 0 amide bonds. The second-order valence-corrected chi connectivity index (χ2v) is 16.2. The topological polar surface area (TPSA) is 40.6 Å². The SMILES string of the molecule is c1ccc(-c2nc(-c3ccccc3)c3c4cc(-c5cccc(-n6c7ccccc7c7ccc8c9ccccc9n(-c9ccccc9)c8c76)c5)ccc4n(-c4ccccc4)c3n2)cc1. The van der Waals surface area contributed by atoms with Gasteiger partial charge >= 0.3 is 0 Å². The van der Waals surface area contributed by atoms with Gasteiger partial charge in [-0.1, -0.05) is 164 Å². The van der Waals surface area contributed by atoms with Gasteiger partial charge in [0.05, 0.1) is 38.7 Å². The Kier molecular flexibility index (Phi) is 7.84. The average Bonchev–Trinajstić information content (AvgIpc) is 4.00. The first-order valence-corrected chi connectivity index (χ1v) is 21.4. The van der Waals surface area contributed by atoms with Crippen molar-refractivity contribution in [2.45, 2.75) is 0 Å². The summed E-state index contributed by atoms with van der Waals surface area (Å²) in [6.07, 6.45) is 0. The summed E-state index contributed by atoms with van der Waals surface area (Å²) in [5, 5.41) is 7.04. The molecule has 0 unspecified atom stereocenters. The number of rotatable bonds is 6. The number of hydrogen-bond donors (Lipinski definition) is 0.